The predicted molar refractivity (Wildman–Crippen MR) is 24.0 cm³/mol. The molecule has 0 heterocycles. The smallest absolute Gasteiger partial charge is 0.293 e. The van der Waals surface area contributed by atoms with Crippen molar-refractivity contribution >= 4 is 5.90 Å². The van der Waals surface area contributed by atoms with Gasteiger partial charge in [-0.15, -0.1) is 10.4 Å². The summed E-state index contributed by atoms with van der Waals surface area (Å²) in [4.78, 5) is 0. The molecule has 0 aliphatic carbocycles. The van der Waals surface area contributed by atoms with Gasteiger partial charge in [-0.25, -0.2) is 0 Å². The molecule has 4 heteroatoms. The lowest BCUT2D eigenvalue weighted by Gasteiger charge is -1.84. The minimum atomic E-state index is 0.169. The Bertz CT molecular complexity index is 112. The molecule has 0 rings (SSSR count). The highest BCUT2D eigenvalue weighted by molar-refractivity contribution is 5.73. The summed E-state index contributed by atoms with van der Waals surface area (Å²) in [6, 6.07) is 0. The van der Waals surface area contributed by atoms with E-state index in [0.29, 0.717) is 0 Å². The molecule has 38 valence electrons. The van der Waals surface area contributed by atoms with Gasteiger partial charge >= 0.3 is 0 Å². The quantitative estimate of drug-likeness (QED) is 0.150. The maximum Gasteiger partial charge on any atom is 0.293 e. The van der Waals surface area contributed by atoms with E-state index < -0.39 is 0 Å². The second-order valence-corrected chi connectivity index (χ2v) is 0.841. The molecule has 0 aliphatic heterocycles. The molecular weight excluding hydrogens is 94.1 g/mol. The van der Waals surface area contributed by atoms with E-state index in [4.69, 9.17) is 5.26 Å². The molecule has 0 aliphatic rings. The first kappa shape index (κ1) is 5.76. The third-order valence-electron chi connectivity index (χ3n) is 0.375. The molecule has 0 bridgehead atoms. The molecule has 0 fully saturated rings. The lowest BCUT2D eigenvalue weighted by Crippen LogP contribution is -1.96. The van der Waals surface area contributed by atoms with E-state index in [1.54, 1.807) is 0 Å². The Hall–Kier alpha value is -1.24. The minimum Gasteiger partial charge on any atom is -0.371 e. The largest absolute Gasteiger partial charge is 0.371 e. The first-order valence-electron chi connectivity index (χ1n) is 1.61. The van der Waals surface area contributed by atoms with Crippen LogP contribution in [0.15, 0.2) is 5.10 Å². The summed E-state index contributed by atoms with van der Waals surface area (Å²) in [5, 5.41) is 10.8. The van der Waals surface area contributed by atoms with Gasteiger partial charge in [-0.3, -0.25) is 0 Å². The van der Waals surface area contributed by atoms with Crippen molar-refractivity contribution in [3.05, 3.63) is 0 Å². The maximum atomic E-state index is 7.76. The highest BCUT2D eigenvalue weighted by atomic mass is 16.5. The fraction of sp³-hybridized carbons (Fsp3) is 0.333. The summed E-state index contributed by atoms with van der Waals surface area (Å²) in [5.74, 6) is 4.84. The molecule has 0 radical (unpaired) electrons. The van der Waals surface area contributed by atoms with Crippen LogP contribution >= 0.6 is 0 Å². The summed E-state index contributed by atoms with van der Waals surface area (Å²) in [6.07, 6.45) is 1.41. The second kappa shape index (κ2) is 2.97. The summed E-state index contributed by atoms with van der Waals surface area (Å²) in [5.41, 5.74) is 0. The normalized spacial score (nSPS) is 10.0. The average Bonchev–Trinajstić information content (AvgIpc) is 1.68. The van der Waals surface area contributed by atoms with E-state index in [2.05, 4.69) is 15.7 Å². The molecule has 0 saturated carbocycles. The van der Waals surface area contributed by atoms with Crippen LogP contribution in [0, 0.1) is 11.5 Å². The van der Waals surface area contributed by atoms with E-state index in [-0.39, 0.29) is 5.90 Å². The standard InChI is InChI=1S/C3H5N3O/c1-3(6-5)7-2-4/h5H2,1H3. The molecule has 7 heavy (non-hydrogen) atoms. The molecule has 2 N–H and O–H groups in total. The molecular formula is C3H5N3O. The van der Waals surface area contributed by atoms with Crippen LogP contribution < -0.4 is 5.84 Å². The fourth-order valence-electron chi connectivity index (χ4n) is 0.0924. The lowest BCUT2D eigenvalue weighted by molar-refractivity contribution is 0.492. The number of nitrogens with zero attached hydrogens (tertiary/aromatic N) is 2. The summed E-state index contributed by atoms with van der Waals surface area (Å²) >= 11 is 0. The van der Waals surface area contributed by atoms with E-state index in [1.807, 2.05) is 0 Å². The van der Waals surface area contributed by atoms with Crippen molar-refractivity contribution in [3.8, 4) is 6.26 Å². The first-order valence-corrected chi connectivity index (χ1v) is 1.61. The van der Waals surface area contributed by atoms with Crippen LogP contribution in [0.5, 0.6) is 0 Å². The molecule has 4 nitrogen and oxygen atoms in total. The van der Waals surface area contributed by atoms with Gasteiger partial charge < -0.3 is 10.6 Å². The minimum absolute atomic E-state index is 0.169. The zero-order valence-corrected chi connectivity index (χ0v) is 3.88. The van der Waals surface area contributed by atoms with Crippen molar-refractivity contribution < 1.29 is 4.74 Å². The van der Waals surface area contributed by atoms with E-state index in [9.17, 15) is 0 Å². The van der Waals surface area contributed by atoms with Crippen LogP contribution in [0.3, 0.4) is 0 Å². The summed E-state index contributed by atoms with van der Waals surface area (Å²) < 4.78 is 4.12. The van der Waals surface area contributed by atoms with E-state index in [0.717, 1.165) is 0 Å². The third-order valence-corrected chi connectivity index (χ3v) is 0.375. The van der Waals surface area contributed by atoms with Crippen molar-refractivity contribution in [2.45, 2.75) is 6.92 Å². The van der Waals surface area contributed by atoms with Gasteiger partial charge in [-0.2, -0.15) is 0 Å². The molecule has 0 atom stereocenters. The van der Waals surface area contributed by atoms with Gasteiger partial charge in [0.2, 0.25) is 5.90 Å². The predicted octanol–water partition coefficient (Wildman–Crippen LogP) is -0.224. The topological polar surface area (TPSA) is 71.4 Å². The number of hydrogen-bond donors (Lipinski definition) is 1. The molecule has 0 aromatic carbocycles. The lowest BCUT2D eigenvalue weighted by atomic mass is 10.8. The Labute approximate surface area is 41.2 Å². The van der Waals surface area contributed by atoms with Crippen LogP contribution in [0.1, 0.15) is 6.92 Å². The van der Waals surface area contributed by atoms with Gasteiger partial charge in [0.1, 0.15) is 0 Å². The summed E-state index contributed by atoms with van der Waals surface area (Å²) in [7, 11) is 0. The number of nitrogens with two attached hydrogens (primary N) is 1. The van der Waals surface area contributed by atoms with Crippen LogP contribution in [-0.4, -0.2) is 5.90 Å². The Balaban J connectivity index is 3.43. The molecule has 0 amide bonds. The number of nitriles is 1. The van der Waals surface area contributed by atoms with Crippen LogP contribution in [0.2, 0.25) is 0 Å². The fourth-order valence-corrected chi connectivity index (χ4v) is 0.0924. The Morgan fingerprint density at radius 2 is 2.57 bits per heavy atom. The Kier molecular flexibility index (Phi) is 2.44. The van der Waals surface area contributed by atoms with Crippen molar-refractivity contribution in [2.24, 2.45) is 10.9 Å². The van der Waals surface area contributed by atoms with Crippen LogP contribution in [0.4, 0.5) is 0 Å². The highest BCUT2D eigenvalue weighted by Gasteiger charge is 1.81. The number of ether oxygens (including phenoxy) is 1. The van der Waals surface area contributed by atoms with Crippen molar-refractivity contribution in [1.29, 1.82) is 5.26 Å². The SMILES string of the molecule is CC(=NN)OC#N. The highest BCUT2D eigenvalue weighted by Crippen LogP contribution is 1.71. The van der Waals surface area contributed by atoms with Crippen molar-refractivity contribution in [3.63, 3.8) is 0 Å². The second-order valence-electron chi connectivity index (χ2n) is 0.841. The van der Waals surface area contributed by atoms with Gasteiger partial charge in [0.05, 0.1) is 0 Å². The van der Waals surface area contributed by atoms with E-state index in [1.165, 1.54) is 13.2 Å². The first-order chi connectivity index (χ1) is 3.31. The molecule has 0 aromatic heterocycles. The van der Waals surface area contributed by atoms with E-state index >= 15 is 0 Å². The van der Waals surface area contributed by atoms with Crippen LogP contribution in [-0.2, 0) is 4.74 Å². The Morgan fingerprint density at radius 1 is 2.00 bits per heavy atom. The van der Waals surface area contributed by atoms with Crippen LogP contribution in [0.25, 0.3) is 0 Å². The summed E-state index contributed by atoms with van der Waals surface area (Å²) in [6.45, 7) is 1.49. The number of rotatable bonds is 0. The van der Waals surface area contributed by atoms with Crippen molar-refractivity contribution in [1.82, 2.24) is 0 Å². The number of hydrogen-bond acceptors (Lipinski definition) is 4. The molecule has 0 aromatic rings. The third kappa shape index (κ3) is 2.56. The van der Waals surface area contributed by atoms with Gasteiger partial charge in [-0.05, 0) is 0 Å². The van der Waals surface area contributed by atoms with Crippen molar-refractivity contribution in [2.75, 3.05) is 0 Å². The monoisotopic (exact) mass is 99.0 g/mol. The van der Waals surface area contributed by atoms with Gasteiger partial charge in [0.25, 0.3) is 6.26 Å². The Morgan fingerprint density at radius 3 is 2.71 bits per heavy atom. The van der Waals surface area contributed by atoms with Gasteiger partial charge in [-0.1, -0.05) is 0 Å². The maximum absolute atomic E-state index is 7.76. The molecule has 0 saturated heterocycles. The zero-order chi connectivity index (χ0) is 5.70. The average molecular weight is 99.1 g/mol. The molecule has 0 spiro atoms. The van der Waals surface area contributed by atoms with Gasteiger partial charge in [0, 0.05) is 6.92 Å². The van der Waals surface area contributed by atoms with Gasteiger partial charge in [0.15, 0.2) is 0 Å². The zero-order valence-electron chi connectivity index (χ0n) is 3.88. The number of hydrazone groups is 1. The molecule has 0 unspecified atom stereocenters.